The van der Waals surface area contributed by atoms with Crippen molar-refractivity contribution in [1.82, 2.24) is 0 Å². The highest BCUT2D eigenvalue weighted by atomic mass is 17.2. The summed E-state index contributed by atoms with van der Waals surface area (Å²) in [6.07, 6.45) is 8.75. The van der Waals surface area contributed by atoms with Crippen molar-refractivity contribution < 1.29 is 72.1 Å². The van der Waals surface area contributed by atoms with Crippen LogP contribution in [0.2, 0.25) is 0 Å². The predicted molar refractivity (Wildman–Crippen MR) is 242 cm³/mol. The van der Waals surface area contributed by atoms with Crippen LogP contribution in [0.1, 0.15) is 171 Å². The Hall–Kier alpha value is -1.95. The van der Waals surface area contributed by atoms with Crippen molar-refractivity contribution in [1.29, 1.82) is 0 Å². The molecular formula is C54H80O15. The van der Waals surface area contributed by atoms with Gasteiger partial charge < -0.3 is 28.4 Å². The standard InChI is InChI=1S/C54H80O15/c1-27-10-13-37-30(4)46(58-40-24-49(7)19-16-34(27)52(37,40)67-64-49)61-43(55)22-33(45(57)63-48-32(6)39-15-12-29(3)36-18-21-51(9)26-42(60-48)54(36,39)69-66-51)23-44(56)62-47-31(5)38-14-11-28(2)35-17-20-50(8)25-41(59-47)53(35,38)68-65-50/h27-42,46-48H,10-26H2,1-9H3/t27-,28-,29-,30-,31-,32-,33?,34+,35+,36+,37+,38+,39+,40-,41-,42-,46?,47?,48?,49-,50-,51-,52-,53-,54-/m1/s1. The predicted octanol–water partition coefficient (Wildman–Crippen LogP) is 9.01. The molecule has 6 saturated carbocycles. The lowest BCUT2D eigenvalue weighted by Gasteiger charge is -2.60. The van der Waals surface area contributed by atoms with Gasteiger partial charge in [-0.3, -0.25) is 14.4 Å². The van der Waals surface area contributed by atoms with Gasteiger partial charge in [0, 0.05) is 54.8 Å². The van der Waals surface area contributed by atoms with E-state index in [0.717, 1.165) is 77.0 Å². The zero-order chi connectivity index (χ0) is 48.2. The van der Waals surface area contributed by atoms with E-state index in [9.17, 15) is 14.4 Å². The molecule has 9 aliphatic heterocycles. The third kappa shape index (κ3) is 7.27. The summed E-state index contributed by atoms with van der Waals surface area (Å²) in [5.74, 6) is -1.69. The van der Waals surface area contributed by atoms with Crippen LogP contribution < -0.4 is 0 Å². The summed E-state index contributed by atoms with van der Waals surface area (Å²) in [6, 6.07) is 0. The number of carbonyl (C=O) groups is 3. The molecule has 6 bridgehead atoms. The minimum Gasteiger partial charge on any atom is -0.435 e. The molecule has 15 aliphatic rings. The number of rotatable bonds is 8. The van der Waals surface area contributed by atoms with Crippen molar-refractivity contribution in [3.8, 4) is 0 Å². The van der Waals surface area contributed by atoms with Crippen LogP contribution in [0.4, 0.5) is 0 Å². The molecule has 9 saturated heterocycles. The monoisotopic (exact) mass is 969 g/mol. The Labute approximate surface area is 408 Å². The van der Waals surface area contributed by atoms with Gasteiger partial charge in [-0.2, -0.15) is 0 Å². The van der Waals surface area contributed by atoms with Crippen molar-refractivity contribution in [3.63, 3.8) is 0 Å². The second kappa shape index (κ2) is 16.8. The van der Waals surface area contributed by atoms with E-state index in [0.29, 0.717) is 37.0 Å². The Morgan fingerprint density at radius 1 is 0.435 bits per heavy atom. The van der Waals surface area contributed by atoms with Crippen LogP contribution in [-0.2, 0) is 72.1 Å². The summed E-state index contributed by atoms with van der Waals surface area (Å²) < 4.78 is 39.6. The smallest absolute Gasteiger partial charge is 0.312 e. The largest absolute Gasteiger partial charge is 0.435 e. The fourth-order valence-electron chi connectivity index (χ4n) is 17.9. The number of ether oxygens (including phenoxy) is 6. The maximum Gasteiger partial charge on any atom is 0.312 e. The number of hydrogen-bond acceptors (Lipinski definition) is 15. The molecule has 9 heterocycles. The average molecular weight is 969 g/mol. The number of carbonyl (C=O) groups excluding carboxylic acids is 3. The van der Waals surface area contributed by atoms with Crippen molar-refractivity contribution in [2.75, 3.05) is 0 Å². The van der Waals surface area contributed by atoms with Crippen LogP contribution in [0.25, 0.3) is 0 Å². The molecule has 0 radical (unpaired) electrons. The average Bonchev–Trinajstić information content (AvgIpc) is 3.79. The lowest BCUT2D eigenvalue weighted by Crippen LogP contribution is -2.69. The Kier molecular flexibility index (Phi) is 11.7. The maximum atomic E-state index is 14.9. The molecule has 0 N–H and O–H groups in total. The second-order valence-corrected chi connectivity index (χ2v) is 26.0. The van der Waals surface area contributed by atoms with Gasteiger partial charge in [-0.15, -0.1) is 0 Å². The summed E-state index contributed by atoms with van der Waals surface area (Å²) in [5.41, 5.74) is -3.41. The Morgan fingerprint density at radius 2 is 0.754 bits per heavy atom. The van der Waals surface area contributed by atoms with Crippen molar-refractivity contribution in [3.05, 3.63) is 0 Å². The van der Waals surface area contributed by atoms with Crippen molar-refractivity contribution in [2.24, 2.45) is 76.9 Å². The van der Waals surface area contributed by atoms with E-state index in [2.05, 4.69) is 62.3 Å². The minimum atomic E-state index is -1.23. The Morgan fingerprint density at radius 3 is 1.09 bits per heavy atom. The van der Waals surface area contributed by atoms with Gasteiger partial charge in [0.25, 0.3) is 0 Å². The van der Waals surface area contributed by atoms with Gasteiger partial charge in [-0.05, 0) is 133 Å². The zero-order valence-electron chi connectivity index (χ0n) is 42.6. The first-order valence-electron chi connectivity index (χ1n) is 27.5. The lowest BCUT2D eigenvalue weighted by atomic mass is 9.56. The molecule has 15 fully saturated rings. The molecule has 386 valence electrons. The molecule has 6 aliphatic carbocycles. The van der Waals surface area contributed by atoms with E-state index < -0.39 is 89.1 Å². The molecule has 3 unspecified atom stereocenters. The van der Waals surface area contributed by atoms with Crippen molar-refractivity contribution >= 4 is 17.9 Å². The van der Waals surface area contributed by atoms with Gasteiger partial charge >= 0.3 is 17.9 Å². The van der Waals surface area contributed by atoms with Crippen molar-refractivity contribution in [2.45, 2.75) is 242 Å². The molecule has 24 atom stereocenters. The molecule has 0 aromatic heterocycles. The van der Waals surface area contributed by atoms with Crippen LogP contribution in [0.15, 0.2) is 0 Å². The Balaban J connectivity index is 0.792. The van der Waals surface area contributed by atoms with Crippen LogP contribution in [-0.4, -0.2) is 88.7 Å². The molecular weight excluding hydrogens is 889 g/mol. The summed E-state index contributed by atoms with van der Waals surface area (Å²) in [6.45, 7) is 19.3. The number of hydrogen-bond donors (Lipinski definition) is 0. The topological polar surface area (TPSA) is 162 Å². The minimum absolute atomic E-state index is 0.0178. The first-order valence-corrected chi connectivity index (χ1v) is 27.5. The number of esters is 3. The van der Waals surface area contributed by atoms with Gasteiger partial charge in [0.15, 0.2) is 0 Å². The highest BCUT2D eigenvalue weighted by molar-refractivity contribution is 5.84. The van der Waals surface area contributed by atoms with E-state index in [4.69, 9.17) is 57.7 Å². The van der Waals surface area contributed by atoms with Gasteiger partial charge in [0.1, 0.15) is 33.6 Å². The van der Waals surface area contributed by atoms with Crippen LogP contribution in [0.5, 0.6) is 0 Å². The normalized spacial score (nSPS) is 56.0. The summed E-state index contributed by atoms with van der Waals surface area (Å²) in [5, 5.41) is 0. The highest BCUT2D eigenvalue weighted by Gasteiger charge is 2.72. The van der Waals surface area contributed by atoms with Gasteiger partial charge in [-0.25, -0.2) is 29.3 Å². The van der Waals surface area contributed by atoms with E-state index in [1.807, 2.05) is 0 Å². The Bertz CT molecular complexity index is 1940. The van der Waals surface area contributed by atoms with E-state index in [-0.39, 0.29) is 71.6 Å². The molecule has 15 rings (SSSR count). The summed E-state index contributed by atoms with van der Waals surface area (Å²) in [7, 11) is 0. The van der Waals surface area contributed by atoms with E-state index >= 15 is 0 Å². The van der Waals surface area contributed by atoms with Crippen LogP contribution in [0, 0.1) is 76.9 Å². The fraction of sp³-hybridized carbons (Fsp3) is 0.944. The summed E-state index contributed by atoms with van der Waals surface area (Å²) >= 11 is 0. The second-order valence-electron chi connectivity index (χ2n) is 26.0. The zero-order valence-corrected chi connectivity index (χ0v) is 42.6. The first-order chi connectivity index (χ1) is 32.8. The summed E-state index contributed by atoms with van der Waals surface area (Å²) in [4.78, 5) is 81.8. The van der Waals surface area contributed by atoms with Gasteiger partial charge in [0.05, 0.1) is 37.1 Å². The molecule has 0 amide bonds. The molecule has 15 heteroatoms. The first kappa shape index (κ1) is 48.0. The molecule has 0 aromatic carbocycles. The third-order valence-electron chi connectivity index (χ3n) is 21.8. The number of fused-ring (bicyclic) bond motifs is 6. The lowest BCUT2D eigenvalue weighted by molar-refractivity contribution is -0.494. The molecule has 3 spiro atoms. The molecule has 69 heavy (non-hydrogen) atoms. The van der Waals surface area contributed by atoms with Gasteiger partial charge in [-0.1, -0.05) is 41.5 Å². The molecule has 15 nitrogen and oxygen atoms in total. The SMILES string of the molecule is C[C@@H]1CC[C@H]2[C@@H](C)C(OC(=O)CC(CC(=O)OC3O[C@@H]4C[C@@]5(C)CC[C@H]6[C@H](C)CC[C@@H]([C@H]3C)[C@@]46OO5)C(=O)OC3O[C@@H]4C[C@@]5(C)CC[C@H]6[C@H](C)CC[C@@H]([C@H]3C)[C@@]46OO5)O[C@@H]3C[C@@]4(C)CC[C@@H]1[C@]32OO4. The van der Waals surface area contributed by atoms with Crippen LogP contribution in [0.3, 0.4) is 0 Å². The molecule has 0 aromatic rings. The fourth-order valence-corrected chi connectivity index (χ4v) is 17.9. The maximum absolute atomic E-state index is 14.9. The van der Waals surface area contributed by atoms with Crippen LogP contribution >= 0.6 is 0 Å². The van der Waals surface area contributed by atoms with E-state index in [1.54, 1.807) is 0 Å². The third-order valence-corrected chi connectivity index (χ3v) is 21.8. The van der Waals surface area contributed by atoms with E-state index in [1.165, 1.54) is 0 Å². The quantitative estimate of drug-likeness (QED) is 0.129. The highest BCUT2D eigenvalue weighted by Crippen LogP contribution is 2.65. The van der Waals surface area contributed by atoms with Gasteiger partial charge in [0.2, 0.25) is 18.9 Å².